The van der Waals surface area contributed by atoms with Crippen LogP contribution in [-0.4, -0.2) is 22.3 Å². The van der Waals surface area contributed by atoms with E-state index < -0.39 is 12.1 Å². The molecule has 18 heavy (non-hydrogen) atoms. The number of carboxylic acids is 1. The van der Waals surface area contributed by atoms with Crippen LogP contribution in [0.15, 0.2) is 0 Å². The molecule has 0 aliphatic heterocycles. The van der Waals surface area contributed by atoms with E-state index in [0.717, 1.165) is 25.2 Å². The van der Waals surface area contributed by atoms with Crippen LogP contribution in [0.25, 0.3) is 0 Å². The van der Waals surface area contributed by atoms with Gasteiger partial charge in [-0.25, -0.2) is 4.79 Å². The second-order valence-corrected chi connectivity index (χ2v) is 5.42. The zero-order chi connectivity index (χ0) is 13.8. The van der Waals surface area contributed by atoms with Crippen molar-refractivity contribution < 1.29 is 15.0 Å². The third kappa shape index (κ3) is 10.6. The van der Waals surface area contributed by atoms with Gasteiger partial charge in [0.25, 0.3) is 0 Å². The SMILES string of the molecule is CC[C@H](C)CCCCCCCCC[C@@H](O)C(=O)O. The number of aliphatic hydroxyl groups is 1. The van der Waals surface area contributed by atoms with Crippen molar-refractivity contribution in [1.29, 1.82) is 0 Å². The Kier molecular flexibility index (Phi) is 11.2. The van der Waals surface area contributed by atoms with Crippen molar-refractivity contribution in [3.8, 4) is 0 Å². The van der Waals surface area contributed by atoms with Crippen molar-refractivity contribution in [1.82, 2.24) is 0 Å². The smallest absolute Gasteiger partial charge is 0.332 e. The molecular formula is C15H30O3. The Balaban J connectivity index is 3.14. The molecule has 0 amide bonds. The molecular weight excluding hydrogens is 228 g/mol. The lowest BCUT2D eigenvalue weighted by molar-refractivity contribution is -0.146. The number of unbranched alkanes of at least 4 members (excludes halogenated alkanes) is 6. The molecule has 0 saturated heterocycles. The highest BCUT2D eigenvalue weighted by Crippen LogP contribution is 2.15. The summed E-state index contributed by atoms with van der Waals surface area (Å²) >= 11 is 0. The summed E-state index contributed by atoms with van der Waals surface area (Å²) < 4.78 is 0. The van der Waals surface area contributed by atoms with Gasteiger partial charge in [-0.15, -0.1) is 0 Å². The van der Waals surface area contributed by atoms with Crippen molar-refractivity contribution >= 4 is 5.97 Å². The second kappa shape index (κ2) is 11.5. The van der Waals surface area contributed by atoms with Crippen LogP contribution in [0.4, 0.5) is 0 Å². The maximum atomic E-state index is 10.4. The number of carboxylic acid groups (broad SMARTS) is 1. The Hall–Kier alpha value is -0.570. The highest BCUT2D eigenvalue weighted by molar-refractivity contribution is 5.71. The maximum Gasteiger partial charge on any atom is 0.332 e. The zero-order valence-electron chi connectivity index (χ0n) is 12.0. The Labute approximate surface area is 112 Å². The van der Waals surface area contributed by atoms with Crippen LogP contribution in [0.1, 0.15) is 78.1 Å². The molecule has 0 aliphatic rings. The molecule has 0 rings (SSSR count). The number of hydrogen-bond acceptors (Lipinski definition) is 2. The van der Waals surface area contributed by atoms with Crippen molar-refractivity contribution in [3.63, 3.8) is 0 Å². The number of hydrogen-bond donors (Lipinski definition) is 2. The number of aliphatic hydroxyl groups excluding tert-OH is 1. The summed E-state index contributed by atoms with van der Waals surface area (Å²) in [5.74, 6) is -0.234. The molecule has 2 atom stereocenters. The van der Waals surface area contributed by atoms with E-state index in [0.29, 0.717) is 6.42 Å². The molecule has 0 aliphatic carbocycles. The van der Waals surface area contributed by atoms with Gasteiger partial charge in [0, 0.05) is 0 Å². The fourth-order valence-corrected chi connectivity index (χ4v) is 2.04. The Morgan fingerprint density at radius 2 is 1.39 bits per heavy atom. The van der Waals surface area contributed by atoms with Gasteiger partial charge in [-0.3, -0.25) is 0 Å². The summed E-state index contributed by atoms with van der Waals surface area (Å²) in [7, 11) is 0. The largest absolute Gasteiger partial charge is 0.479 e. The van der Waals surface area contributed by atoms with Crippen LogP contribution in [0.3, 0.4) is 0 Å². The predicted molar refractivity (Wildman–Crippen MR) is 74.7 cm³/mol. The van der Waals surface area contributed by atoms with Crippen molar-refractivity contribution in [2.45, 2.75) is 84.2 Å². The molecule has 0 fully saturated rings. The van der Waals surface area contributed by atoms with E-state index in [4.69, 9.17) is 10.2 Å². The molecule has 0 aromatic heterocycles. The van der Waals surface area contributed by atoms with Gasteiger partial charge in [0.15, 0.2) is 6.10 Å². The van der Waals surface area contributed by atoms with Crippen molar-refractivity contribution in [2.24, 2.45) is 5.92 Å². The summed E-state index contributed by atoms with van der Waals surface area (Å²) in [6.45, 7) is 4.56. The van der Waals surface area contributed by atoms with Gasteiger partial charge in [0.2, 0.25) is 0 Å². The van der Waals surface area contributed by atoms with Gasteiger partial charge in [0.1, 0.15) is 0 Å². The van der Waals surface area contributed by atoms with Gasteiger partial charge in [-0.1, -0.05) is 71.6 Å². The highest BCUT2D eigenvalue weighted by Gasteiger charge is 2.11. The van der Waals surface area contributed by atoms with Crippen LogP contribution in [0, 0.1) is 5.92 Å². The number of aliphatic carboxylic acids is 1. The summed E-state index contributed by atoms with van der Waals surface area (Å²) in [5.41, 5.74) is 0. The zero-order valence-corrected chi connectivity index (χ0v) is 12.0. The van der Waals surface area contributed by atoms with Crippen LogP contribution in [0.5, 0.6) is 0 Å². The summed E-state index contributed by atoms with van der Waals surface area (Å²) in [6, 6.07) is 0. The summed E-state index contributed by atoms with van der Waals surface area (Å²) in [5, 5.41) is 17.6. The lowest BCUT2D eigenvalue weighted by Crippen LogP contribution is -2.18. The van der Waals surface area contributed by atoms with Crippen LogP contribution >= 0.6 is 0 Å². The second-order valence-electron chi connectivity index (χ2n) is 5.42. The van der Waals surface area contributed by atoms with E-state index in [-0.39, 0.29) is 0 Å². The van der Waals surface area contributed by atoms with E-state index in [9.17, 15) is 4.79 Å². The van der Waals surface area contributed by atoms with Gasteiger partial charge in [0.05, 0.1) is 0 Å². The minimum atomic E-state index is -1.17. The minimum absolute atomic E-state index is 0.392. The molecule has 0 bridgehead atoms. The highest BCUT2D eigenvalue weighted by atomic mass is 16.4. The third-order valence-electron chi connectivity index (χ3n) is 3.66. The van der Waals surface area contributed by atoms with Crippen molar-refractivity contribution in [2.75, 3.05) is 0 Å². The van der Waals surface area contributed by atoms with Gasteiger partial charge in [-0.05, 0) is 12.3 Å². The topological polar surface area (TPSA) is 57.5 Å². The predicted octanol–water partition coefficient (Wildman–Crippen LogP) is 3.99. The third-order valence-corrected chi connectivity index (χ3v) is 3.66. The number of carbonyl (C=O) groups is 1. The first-order valence-electron chi connectivity index (χ1n) is 7.48. The first-order chi connectivity index (χ1) is 8.57. The molecule has 2 N–H and O–H groups in total. The average molecular weight is 258 g/mol. The molecule has 0 radical (unpaired) electrons. The molecule has 3 heteroatoms. The standard InChI is InChI=1S/C15H30O3/c1-3-13(2)11-9-7-5-4-6-8-10-12-14(16)15(17)18/h13-14,16H,3-12H2,1-2H3,(H,17,18)/t13-,14+/m0/s1. The first kappa shape index (κ1) is 17.4. The fourth-order valence-electron chi connectivity index (χ4n) is 2.04. The lowest BCUT2D eigenvalue weighted by atomic mass is 9.99. The lowest BCUT2D eigenvalue weighted by Gasteiger charge is -2.07. The van der Waals surface area contributed by atoms with E-state index >= 15 is 0 Å². The van der Waals surface area contributed by atoms with Gasteiger partial charge >= 0.3 is 5.97 Å². The van der Waals surface area contributed by atoms with E-state index in [1.54, 1.807) is 0 Å². The molecule has 3 nitrogen and oxygen atoms in total. The fraction of sp³-hybridized carbons (Fsp3) is 0.933. The first-order valence-corrected chi connectivity index (χ1v) is 7.48. The van der Waals surface area contributed by atoms with Gasteiger partial charge in [-0.2, -0.15) is 0 Å². The Morgan fingerprint density at radius 3 is 1.83 bits per heavy atom. The molecule has 108 valence electrons. The summed E-state index contributed by atoms with van der Waals surface area (Å²) in [6.07, 6.45) is 10.1. The normalized spacial score (nSPS) is 14.4. The summed E-state index contributed by atoms with van der Waals surface area (Å²) in [4.78, 5) is 10.4. The molecule has 0 heterocycles. The van der Waals surface area contributed by atoms with Crippen LogP contribution in [-0.2, 0) is 4.79 Å². The molecule has 0 spiro atoms. The van der Waals surface area contributed by atoms with E-state index in [1.807, 2.05) is 0 Å². The van der Waals surface area contributed by atoms with Crippen LogP contribution in [0.2, 0.25) is 0 Å². The molecule has 0 saturated carbocycles. The van der Waals surface area contributed by atoms with Crippen LogP contribution < -0.4 is 0 Å². The average Bonchev–Trinajstić information content (AvgIpc) is 2.35. The van der Waals surface area contributed by atoms with Gasteiger partial charge < -0.3 is 10.2 Å². The maximum absolute atomic E-state index is 10.4. The minimum Gasteiger partial charge on any atom is -0.479 e. The Morgan fingerprint density at radius 1 is 0.944 bits per heavy atom. The van der Waals surface area contributed by atoms with Crippen molar-refractivity contribution in [3.05, 3.63) is 0 Å². The monoisotopic (exact) mass is 258 g/mol. The molecule has 0 aromatic carbocycles. The van der Waals surface area contributed by atoms with E-state index in [1.165, 1.54) is 38.5 Å². The molecule has 0 aromatic rings. The molecule has 0 unspecified atom stereocenters. The Bertz CT molecular complexity index is 204. The van der Waals surface area contributed by atoms with E-state index in [2.05, 4.69) is 13.8 Å². The quantitative estimate of drug-likeness (QED) is 0.520. The number of rotatable bonds is 12.